The first-order chi connectivity index (χ1) is 4.74. The van der Waals surface area contributed by atoms with Gasteiger partial charge in [0.15, 0.2) is 0 Å². The van der Waals surface area contributed by atoms with Crippen molar-refractivity contribution in [1.82, 2.24) is 0 Å². The first kappa shape index (κ1) is 10.1. The molecule has 0 fully saturated rings. The Balaban J connectivity index is 0.000001000. The van der Waals surface area contributed by atoms with Gasteiger partial charge < -0.3 is 10.2 Å². The van der Waals surface area contributed by atoms with Crippen LogP contribution < -0.4 is 0 Å². The van der Waals surface area contributed by atoms with E-state index in [-0.39, 0.29) is 29.5 Å². The van der Waals surface area contributed by atoms with Gasteiger partial charge in [-0.3, -0.25) is 4.79 Å². The Kier molecular flexibility index (Phi) is 3.80. The average Bonchev–Trinajstić information content (AvgIpc) is 1.88. The van der Waals surface area contributed by atoms with Crippen LogP contribution in [-0.4, -0.2) is 52.3 Å². The summed E-state index contributed by atoms with van der Waals surface area (Å²) in [5.41, 5.74) is -0.0437. The summed E-state index contributed by atoms with van der Waals surface area (Å²) in [5.74, 6) is -0.699. The Morgan fingerprint density at radius 1 is 1.55 bits per heavy atom. The van der Waals surface area contributed by atoms with Crippen LogP contribution in [-0.2, 0) is 4.79 Å². The number of carbonyl (C=O) groups excluding carboxylic acids is 1. The Morgan fingerprint density at radius 2 is 2.18 bits per heavy atom. The molecule has 6 heteroatoms. The number of hydrogen-bond acceptors (Lipinski definition) is 3. The van der Waals surface area contributed by atoms with Gasteiger partial charge in [-0.1, -0.05) is 0 Å². The summed E-state index contributed by atoms with van der Waals surface area (Å²) < 4.78 is 0. The minimum atomic E-state index is -0.699. The Hall–Kier alpha value is -0.851. The number of amidine groups is 1. The second-order valence-corrected chi connectivity index (χ2v) is 1.56. The summed E-state index contributed by atoms with van der Waals surface area (Å²) >= 11 is 0. The Bertz CT molecular complexity index is 256. The van der Waals surface area contributed by atoms with Crippen molar-refractivity contribution >= 4 is 42.1 Å². The molecule has 2 N–H and O–H groups in total. The van der Waals surface area contributed by atoms with E-state index in [1.807, 2.05) is 0 Å². The monoisotopic (exact) mass is 260 g/mol. The van der Waals surface area contributed by atoms with E-state index in [2.05, 4.69) is 9.98 Å². The van der Waals surface area contributed by atoms with Crippen molar-refractivity contribution < 1.29 is 15.0 Å². The average molecular weight is 259 g/mol. The second-order valence-electron chi connectivity index (χ2n) is 1.56. The molecule has 1 heterocycles. The fourth-order valence-electron chi connectivity index (χ4n) is 0.455. The van der Waals surface area contributed by atoms with Crippen LogP contribution in [0, 0.1) is 0 Å². The fraction of sp³-hybridized carbons (Fsp3) is 0. The molecule has 0 aromatic rings. The molecule has 0 aromatic carbocycles. The molecule has 0 saturated heterocycles. The van der Waals surface area contributed by atoms with Crippen LogP contribution in [0.2, 0.25) is 0 Å². The van der Waals surface area contributed by atoms with Crippen molar-refractivity contribution in [2.45, 2.75) is 0 Å². The molecular formula is C5H4N2O3Sn. The molecule has 1 amide bonds. The van der Waals surface area contributed by atoms with Crippen LogP contribution >= 0.6 is 0 Å². The quantitative estimate of drug-likeness (QED) is 0.352. The molecule has 1 rings (SSSR count). The van der Waals surface area contributed by atoms with Crippen LogP contribution in [0.15, 0.2) is 21.8 Å². The van der Waals surface area contributed by atoms with E-state index in [4.69, 9.17) is 10.2 Å². The molecule has 0 spiro atoms. The van der Waals surface area contributed by atoms with Crippen LogP contribution in [0.3, 0.4) is 0 Å². The van der Waals surface area contributed by atoms with Gasteiger partial charge in [-0.25, -0.2) is 4.99 Å². The normalized spacial score (nSPS) is 19.5. The first-order valence-corrected chi connectivity index (χ1v) is 2.44. The summed E-state index contributed by atoms with van der Waals surface area (Å²) in [6, 6.07) is -0.587. The Labute approximate surface area is 79.1 Å². The fourth-order valence-corrected chi connectivity index (χ4v) is 0.455. The molecule has 56 valence electrons. The smallest absolute Gasteiger partial charge is 0.317 e. The standard InChI is InChI=1S/C5H4N2O3.Sn/c8-2-3-1-6-5(10)7-4(3)9;/h1-2,8H,(H,7,9,10);. The third-order valence-corrected chi connectivity index (χ3v) is 0.907. The number of rotatable bonds is 0. The molecule has 0 unspecified atom stereocenters. The minimum absolute atomic E-state index is 0. The molecule has 0 bridgehead atoms. The van der Waals surface area contributed by atoms with Gasteiger partial charge in [0.1, 0.15) is 0 Å². The van der Waals surface area contributed by atoms with E-state index >= 15 is 0 Å². The van der Waals surface area contributed by atoms with Gasteiger partial charge >= 0.3 is 6.02 Å². The molecule has 11 heavy (non-hydrogen) atoms. The number of amides is 1. The summed E-state index contributed by atoms with van der Waals surface area (Å²) in [6.07, 6.45) is 1.62. The van der Waals surface area contributed by atoms with Gasteiger partial charge in [0.05, 0.1) is 11.8 Å². The van der Waals surface area contributed by atoms with E-state index in [0.717, 1.165) is 6.21 Å². The van der Waals surface area contributed by atoms with Crippen molar-refractivity contribution in [1.29, 1.82) is 0 Å². The molecule has 0 saturated carbocycles. The van der Waals surface area contributed by atoms with Crippen LogP contribution in [0.1, 0.15) is 0 Å². The van der Waals surface area contributed by atoms with E-state index in [0.29, 0.717) is 6.26 Å². The SMILES string of the molecule is O=C1N=C(O)N=CC1=CO.[Sn]. The molecule has 4 radical (unpaired) electrons. The third kappa shape index (κ3) is 2.34. The van der Waals surface area contributed by atoms with Gasteiger partial charge in [0, 0.05) is 30.1 Å². The van der Waals surface area contributed by atoms with Crippen LogP contribution in [0.5, 0.6) is 0 Å². The Morgan fingerprint density at radius 3 is 2.64 bits per heavy atom. The maximum Gasteiger partial charge on any atom is 0.317 e. The number of carbonyl (C=O) groups is 1. The summed E-state index contributed by atoms with van der Waals surface area (Å²) in [5, 5.41) is 16.8. The molecule has 0 aliphatic carbocycles. The first-order valence-electron chi connectivity index (χ1n) is 2.44. The molecule has 0 aromatic heterocycles. The minimum Gasteiger partial charge on any atom is -0.515 e. The van der Waals surface area contributed by atoms with Crippen LogP contribution in [0.25, 0.3) is 0 Å². The van der Waals surface area contributed by atoms with Gasteiger partial charge in [0.25, 0.3) is 5.91 Å². The van der Waals surface area contributed by atoms with Crippen molar-refractivity contribution in [3.63, 3.8) is 0 Å². The van der Waals surface area contributed by atoms with E-state index < -0.39 is 11.9 Å². The zero-order valence-corrected chi connectivity index (χ0v) is 8.21. The van der Waals surface area contributed by atoms with E-state index in [1.165, 1.54) is 0 Å². The largest absolute Gasteiger partial charge is 0.515 e. The second kappa shape index (κ2) is 4.12. The number of aliphatic imine (C=N–C) groups is 2. The molecule has 1 aliphatic heterocycles. The summed E-state index contributed by atoms with van der Waals surface area (Å²) in [6.45, 7) is 0. The molecule has 1 aliphatic rings. The zero-order chi connectivity index (χ0) is 7.56. The van der Waals surface area contributed by atoms with Crippen molar-refractivity contribution in [3.05, 3.63) is 11.8 Å². The summed E-state index contributed by atoms with van der Waals surface area (Å²) in [7, 11) is 0. The predicted molar refractivity (Wildman–Crippen MR) is 40.0 cm³/mol. The predicted octanol–water partition coefficient (Wildman–Crippen LogP) is -0.427. The maximum absolute atomic E-state index is 10.6. The van der Waals surface area contributed by atoms with E-state index in [9.17, 15) is 4.79 Å². The summed E-state index contributed by atoms with van der Waals surface area (Å²) in [4.78, 5) is 16.9. The topological polar surface area (TPSA) is 82.2 Å². The third-order valence-electron chi connectivity index (χ3n) is 0.907. The van der Waals surface area contributed by atoms with Crippen molar-refractivity contribution in [2.24, 2.45) is 9.98 Å². The van der Waals surface area contributed by atoms with Crippen molar-refractivity contribution in [2.75, 3.05) is 0 Å². The van der Waals surface area contributed by atoms with Gasteiger partial charge in [-0.2, -0.15) is 4.99 Å². The van der Waals surface area contributed by atoms with Gasteiger partial charge in [-0.15, -0.1) is 0 Å². The molecule has 5 nitrogen and oxygen atoms in total. The van der Waals surface area contributed by atoms with Crippen LogP contribution in [0.4, 0.5) is 0 Å². The zero-order valence-electron chi connectivity index (χ0n) is 5.35. The molecule has 0 atom stereocenters. The molecular weight excluding hydrogens is 255 g/mol. The number of nitrogens with zero attached hydrogens (tertiary/aromatic N) is 2. The number of hydrogen-bond donors (Lipinski definition) is 2. The van der Waals surface area contributed by atoms with Gasteiger partial charge in [0.2, 0.25) is 0 Å². The number of aliphatic hydroxyl groups is 2. The van der Waals surface area contributed by atoms with Gasteiger partial charge in [-0.05, 0) is 0 Å². The van der Waals surface area contributed by atoms with Crippen molar-refractivity contribution in [3.8, 4) is 0 Å². The number of aliphatic hydroxyl groups excluding tert-OH is 2. The van der Waals surface area contributed by atoms with E-state index in [1.54, 1.807) is 0 Å². The maximum atomic E-state index is 10.6.